The Kier molecular flexibility index (Phi) is 3.98. The van der Waals surface area contributed by atoms with Gasteiger partial charge in [-0.1, -0.05) is 18.2 Å². The molecule has 0 radical (unpaired) electrons. The lowest BCUT2D eigenvalue weighted by atomic mass is 10.2. The quantitative estimate of drug-likeness (QED) is 0.703. The van der Waals surface area contributed by atoms with Gasteiger partial charge in [0.1, 0.15) is 12.2 Å². The molecule has 0 spiro atoms. The van der Waals surface area contributed by atoms with E-state index in [1.165, 1.54) is 0 Å². The monoisotopic (exact) mass is 346 g/mol. The van der Waals surface area contributed by atoms with Gasteiger partial charge in [0.05, 0.1) is 0 Å². The molecule has 128 valence electrons. The zero-order valence-electron chi connectivity index (χ0n) is 13.6. The number of nitrogens with zero attached hydrogens (tertiary/aromatic N) is 4. The van der Waals surface area contributed by atoms with Gasteiger partial charge in [-0.3, -0.25) is 14.6 Å². The van der Waals surface area contributed by atoms with Crippen molar-refractivity contribution in [1.29, 1.82) is 0 Å². The molecule has 0 unspecified atom stereocenters. The summed E-state index contributed by atoms with van der Waals surface area (Å²) in [6, 6.07) is 13.0. The average Bonchev–Trinajstić information content (AvgIpc) is 2.69. The number of hydrogen-bond donors (Lipinski definition) is 2. The molecule has 8 heteroatoms. The molecule has 2 amide bonds. The van der Waals surface area contributed by atoms with E-state index < -0.39 is 0 Å². The summed E-state index contributed by atoms with van der Waals surface area (Å²) in [7, 11) is 0. The Morgan fingerprint density at radius 3 is 2.58 bits per heavy atom. The second-order valence-corrected chi connectivity index (χ2v) is 5.56. The third kappa shape index (κ3) is 2.84. The molecule has 0 atom stereocenters. The molecule has 0 bridgehead atoms. The molecule has 3 aromatic rings. The summed E-state index contributed by atoms with van der Waals surface area (Å²) in [6.07, 6.45) is 3.80. The smallest absolute Gasteiger partial charge is 0.244 e. The van der Waals surface area contributed by atoms with Crippen LogP contribution in [0.1, 0.15) is 0 Å². The van der Waals surface area contributed by atoms with E-state index in [2.05, 4.69) is 25.6 Å². The number of rotatable bonds is 4. The molecule has 1 aromatic carbocycles. The maximum atomic E-state index is 12.2. The summed E-state index contributed by atoms with van der Waals surface area (Å²) in [6.45, 7) is 0.115. The van der Waals surface area contributed by atoms with Crippen LogP contribution in [0.2, 0.25) is 0 Å². The largest absolute Gasteiger partial charge is 0.318 e. The van der Waals surface area contributed by atoms with Gasteiger partial charge in [0.2, 0.25) is 12.3 Å². The predicted octanol–water partition coefficient (Wildman–Crippen LogP) is 2.20. The summed E-state index contributed by atoms with van der Waals surface area (Å²) in [5, 5.41) is 5.30. The number of nitrogens with one attached hydrogen (secondary N) is 2. The maximum absolute atomic E-state index is 12.2. The molecule has 8 nitrogen and oxygen atoms in total. The normalized spacial score (nSPS) is 12.9. The number of hydrogen-bond acceptors (Lipinski definition) is 6. The number of carbonyl (C=O) groups is 2. The number of fused-ring (bicyclic) bond motifs is 1. The highest BCUT2D eigenvalue weighted by Crippen LogP contribution is 2.38. The van der Waals surface area contributed by atoms with Gasteiger partial charge in [0.15, 0.2) is 17.5 Å². The van der Waals surface area contributed by atoms with Crippen LogP contribution in [0.25, 0.3) is 11.4 Å². The van der Waals surface area contributed by atoms with Crippen LogP contribution >= 0.6 is 0 Å². The second-order valence-electron chi connectivity index (χ2n) is 5.56. The minimum Gasteiger partial charge on any atom is -0.318 e. The van der Waals surface area contributed by atoms with Crippen molar-refractivity contribution in [3.05, 3.63) is 54.9 Å². The number of pyridine rings is 1. The molecule has 1 aliphatic rings. The molecule has 0 fully saturated rings. The predicted molar refractivity (Wildman–Crippen MR) is 97.0 cm³/mol. The lowest BCUT2D eigenvalue weighted by molar-refractivity contribution is -0.115. The third-order valence-electron chi connectivity index (χ3n) is 3.91. The number of benzene rings is 1. The summed E-state index contributed by atoms with van der Waals surface area (Å²) < 4.78 is 0. The number of aromatic nitrogens is 3. The Morgan fingerprint density at radius 2 is 1.85 bits per heavy atom. The molecular weight excluding hydrogens is 332 g/mol. The Bertz CT molecular complexity index is 962. The van der Waals surface area contributed by atoms with Gasteiger partial charge < -0.3 is 15.5 Å². The fraction of sp³-hybridized carbons (Fsp3) is 0.0556. The molecule has 0 saturated heterocycles. The molecule has 4 rings (SSSR count). The van der Waals surface area contributed by atoms with Gasteiger partial charge in [-0.2, -0.15) is 0 Å². The molecule has 1 aliphatic heterocycles. The van der Waals surface area contributed by atoms with E-state index >= 15 is 0 Å². The van der Waals surface area contributed by atoms with Crippen molar-refractivity contribution in [2.45, 2.75) is 0 Å². The van der Waals surface area contributed by atoms with E-state index in [9.17, 15) is 9.59 Å². The zero-order valence-corrected chi connectivity index (χ0v) is 13.6. The highest BCUT2D eigenvalue weighted by molar-refractivity contribution is 6.06. The Labute approximate surface area is 148 Å². The van der Waals surface area contributed by atoms with Crippen molar-refractivity contribution in [1.82, 2.24) is 15.0 Å². The first-order chi connectivity index (χ1) is 12.8. The van der Waals surface area contributed by atoms with Gasteiger partial charge in [-0.05, 0) is 24.3 Å². The summed E-state index contributed by atoms with van der Waals surface area (Å²) >= 11 is 0. The number of carbonyl (C=O) groups excluding carboxylic acids is 2. The molecule has 26 heavy (non-hydrogen) atoms. The average molecular weight is 346 g/mol. The van der Waals surface area contributed by atoms with Gasteiger partial charge in [0, 0.05) is 23.6 Å². The minimum absolute atomic E-state index is 0.115. The van der Waals surface area contributed by atoms with Crippen molar-refractivity contribution in [2.24, 2.45) is 0 Å². The van der Waals surface area contributed by atoms with Crippen LogP contribution < -0.4 is 15.5 Å². The van der Waals surface area contributed by atoms with Crippen LogP contribution in [0.4, 0.5) is 23.0 Å². The standard InChI is InChI=1S/C18H14N6O2/c25-11-20-17-15-18(23-16(22-17)12-6-8-19-9-7-12)24(10-14(26)21-15)13-4-2-1-3-5-13/h1-9,11H,10H2,(H,21,26)(H,20,22,23,25). The van der Waals surface area contributed by atoms with Crippen LogP contribution in [0.5, 0.6) is 0 Å². The van der Waals surface area contributed by atoms with Crippen LogP contribution in [-0.4, -0.2) is 33.8 Å². The van der Waals surface area contributed by atoms with E-state index in [1.807, 2.05) is 30.3 Å². The zero-order chi connectivity index (χ0) is 17.9. The van der Waals surface area contributed by atoms with Gasteiger partial charge in [-0.25, -0.2) is 9.97 Å². The molecule has 0 aliphatic carbocycles. The van der Waals surface area contributed by atoms with Crippen LogP contribution in [0, 0.1) is 0 Å². The first kappa shape index (κ1) is 15.7. The lowest BCUT2D eigenvalue weighted by Crippen LogP contribution is -2.36. The SMILES string of the molecule is O=CNc1nc(-c2ccncc2)nc2c1NC(=O)CN2c1ccccc1. The topological polar surface area (TPSA) is 100 Å². The first-order valence-electron chi connectivity index (χ1n) is 7.91. The van der Waals surface area contributed by atoms with Gasteiger partial charge >= 0.3 is 0 Å². The van der Waals surface area contributed by atoms with E-state index in [-0.39, 0.29) is 18.3 Å². The Balaban J connectivity index is 1.92. The Hall–Kier alpha value is -3.81. The fourth-order valence-corrected chi connectivity index (χ4v) is 2.77. The van der Waals surface area contributed by atoms with Gasteiger partial charge in [-0.15, -0.1) is 0 Å². The second kappa shape index (κ2) is 6.60. The highest BCUT2D eigenvalue weighted by Gasteiger charge is 2.28. The summed E-state index contributed by atoms with van der Waals surface area (Å²) in [5.41, 5.74) is 1.94. The Morgan fingerprint density at radius 1 is 1.08 bits per heavy atom. The van der Waals surface area contributed by atoms with Crippen molar-refractivity contribution in [3.8, 4) is 11.4 Å². The number of amides is 2. The molecule has 2 aromatic heterocycles. The van der Waals surface area contributed by atoms with Crippen LogP contribution in [-0.2, 0) is 9.59 Å². The maximum Gasteiger partial charge on any atom is 0.244 e. The summed E-state index contributed by atoms with van der Waals surface area (Å²) in [4.78, 5) is 38.0. The molecule has 0 saturated carbocycles. The lowest BCUT2D eigenvalue weighted by Gasteiger charge is -2.30. The van der Waals surface area contributed by atoms with E-state index in [0.29, 0.717) is 23.7 Å². The van der Waals surface area contributed by atoms with Gasteiger partial charge in [0.25, 0.3) is 0 Å². The van der Waals surface area contributed by atoms with Crippen LogP contribution in [0.3, 0.4) is 0 Å². The third-order valence-corrected chi connectivity index (χ3v) is 3.91. The molecular formula is C18H14N6O2. The first-order valence-corrected chi connectivity index (χ1v) is 7.91. The number of anilines is 4. The van der Waals surface area contributed by atoms with Crippen molar-refractivity contribution >= 4 is 35.3 Å². The van der Waals surface area contributed by atoms with E-state index in [1.54, 1.807) is 29.4 Å². The van der Waals surface area contributed by atoms with E-state index in [4.69, 9.17) is 0 Å². The summed E-state index contributed by atoms with van der Waals surface area (Å²) in [5.74, 6) is 0.968. The fourth-order valence-electron chi connectivity index (χ4n) is 2.77. The molecule has 2 N–H and O–H groups in total. The number of para-hydroxylation sites is 1. The van der Waals surface area contributed by atoms with Crippen molar-refractivity contribution < 1.29 is 9.59 Å². The van der Waals surface area contributed by atoms with Crippen LogP contribution in [0.15, 0.2) is 54.9 Å². The highest BCUT2D eigenvalue weighted by atomic mass is 16.2. The molecule has 3 heterocycles. The van der Waals surface area contributed by atoms with Crippen molar-refractivity contribution in [2.75, 3.05) is 22.1 Å². The minimum atomic E-state index is -0.212. The van der Waals surface area contributed by atoms with E-state index in [0.717, 1.165) is 11.3 Å². The van der Waals surface area contributed by atoms with Crippen molar-refractivity contribution in [3.63, 3.8) is 0 Å².